The minimum atomic E-state index is -0.243. The Morgan fingerprint density at radius 2 is 1.54 bits per heavy atom. The fourth-order valence-corrected chi connectivity index (χ4v) is 3.37. The zero-order valence-corrected chi connectivity index (χ0v) is 16.2. The van der Waals surface area contributed by atoms with Gasteiger partial charge in [0, 0.05) is 22.4 Å². The lowest BCUT2D eigenvalue weighted by Crippen LogP contribution is -2.20. The second-order valence-corrected chi connectivity index (χ2v) is 7.07. The molecule has 2 N–H and O–H groups in total. The highest BCUT2D eigenvalue weighted by atomic mass is 32.2. The van der Waals surface area contributed by atoms with Crippen LogP contribution in [0.15, 0.2) is 88.7 Å². The smallest absolute Gasteiger partial charge is 0.262 e. The van der Waals surface area contributed by atoms with Crippen molar-refractivity contribution in [3.63, 3.8) is 0 Å². The Bertz CT molecular complexity index is 944. The number of carbonyl (C=O) groups excluding carboxylic acids is 2. The van der Waals surface area contributed by atoms with E-state index in [0.717, 1.165) is 15.5 Å². The van der Waals surface area contributed by atoms with Crippen LogP contribution >= 0.6 is 11.8 Å². The number of rotatable bonds is 7. The lowest BCUT2D eigenvalue weighted by Gasteiger charge is -2.12. The molecule has 28 heavy (non-hydrogen) atoms. The molecule has 2 amide bonds. The average molecular weight is 392 g/mol. The normalized spacial score (nSPS) is 10.2. The molecular weight excluding hydrogens is 372 g/mol. The second kappa shape index (κ2) is 9.62. The van der Waals surface area contributed by atoms with Crippen LogP contribution < -0.4 is 15.4 Å². The Labute approximate surface area is 168 Å². The number of anilines is 2. The van der Waals surface area contributed by atoms with Crippen LogP contribution in [0.1, 0.15) is 6.92 Å². The van der Waals surface area contributed by atoms with Crippen molar-refractivity contribution >= 4 is 35.0 Å². The summed E-state index contributed by atoms with van der Waals surface area (Å²) in [6.07, 6.45) is 0. The monoisotopic (exact) mass is 392 g/mol. The maximum absolute atomic E-state index is 12.3. The van der Waals surface area contributed by atoms with E-state index in [4.69, 9.17) is 4.74 Å². The van der Waals surface area contributed by atoms with Gasteiger partial charge in [-0.2, -0.15) is 0 Å². The van der Waals surface area contributed by atoms with Crippen LogP contribution in [0.25, 0.3) is 0 Å². The first-order valence-electron chi connectivity index (χ1n) is 8.72. The number of hydrogen-bond donors (Lipinski definition) is 2. The topological polar surface area (TPSA) is 67.4 Å². The maximum Gasteiger partial charge on any atom is 0.262 e. The summed E-state index contributed by atoms with van der Waals surface area (Å²) < 4.78 is 5.53. The summed E-state index contributed by atoms with van der Waals surface area (Å²) in [5.41, 5.74) is 1.42. The largest absolute Gasteiger partial charge is 0.484 e. The molecule has 0 saturated carbocycles. The highest BCUT2D eigenvalue weighted by Crippen LogP contribution is 2.33. The van der Waals surface area contributed by atoms with Crippen LogP contribution in [0.5, 0.6) is 5.75 Å². The van der Waals surface area contributed by atoms with Gasteiger partial charge in [-0.25, -0.2) is 0 Å². The molecule has 0 aliphatic rings. The van der Waals surface area contributed by atoms with Crippen LogP contribution in [-0.4, -0.2) is 18.4 Å². The van der Waals surface area contributed by atoms with E-state index >= 15 is 0 Å². The van der Waals surface area contributed by atoms with E-state index in [2.05, 4.69) is 10.6 Å². The Balaban J connectivity index is 1.57. The molecule has 5 nitrogen and oxygen atoms in total. The van der Waals surface area contributed by atoms with E-state index in [0.29, 0.717) is 11.4 Å². The summed E-state index contributed by atoms with van der Waals surface area (Å²) in [6, 6.07) is 24.5. The highest BCUT2D eigenvalue weighted by molar-refractivity contribution is 7.99. The molecule has 0 saturated heterocycles. The van der Waals surface area contributed by atoms with E-state index in [1.807, 2.05) is 54.6 Å². The second-order valence-electron chi connectivity index (χ2n) is 5.95. The third-order valence-corrected chi connectivity index (χ3v) is 4.76. The standard InChI is InChI=1S/C22H20N2O3S/c1-16(25)23-17-11-13-18(14-12-17)27-15-22(26)24-20-9-5-6-10-21(20)28-19-7-3-2-4-8-19/h2-14H,15H2,1H3,(H,23,25)(H,24,26). The molecule has 3 rings (SSSR count). The maximum atomic E-state index is 12.3. The van der Waals surface area contributed by atoms with E-state index in [-0.39, 0.29) is 18.4 Å². The van der Waals surface area contributed by atoms with Crippen molar-refractivity contribution in [1.29, 1.82) is 0 Å². The summed E-state index contributed by atoms with van der Waals surface area (Å²) in [4.78, 5) is 25.4. The molecule has 0 aromatic heterocycles. The van der Waals surface area contributed by atoms with Crippen molar-refractivity contribution in [1.82, 2.24) is 0 Å². The molecular formula is C22H20N2O3S. The minimum absolute atomic E-state index is 0.107. The van der Waals surface area contributed by atoms with Gasteiger partial charge in [0.15, 0.2) is 6.61 Å². The number of hydrogen-bond acceptors (Lipinski definition) is 4. The molecule has 0 fully saturated rings. The number of carbonyl (C=O) groups is 2. The van der Waals surface area contributed by atoms with Gasteiger partial charge in [0.1, 0.15) is 5.75 Å². The molecule has 0 spiro atoms. The molecule has 0 bridgehead atoms. The summed E-state index contributed by atoms with van der Waals surface area (Å²) in [7, 11) is 0. The summed E-state index contributed by atoms with van der Waals surface area (Å²) in [6.45, 7) is 1.34. The Kier molecular flexibility index (Phi) is 6.70. The third kappa shape index (κ3) is 5.89. The fourth-order valence-electron chi connectivity index (χ4n) is 2.45. The Morgan fingerprint density at radius 1 is 0.857 bits per heavy atom. The lowest BCUT2D eigenvalue weighted by atomic mass is 10.3. The van der Waals surface area contributed by atoms with Crippen LogP contribution in [0.3, 0.4) is 0 Å². The van der Waals surface area contributed by atoms with Crippen LogP contribution in [0.2, 0.25) is 0 Å². The quantitative estimate of drug-likeness (QED) is 0.605. The molecule has 0 atom stereocenters. The number of ether oxygens (including phenoxy) is 1. The first-order valence-corrected chi connectivity index (χ1v) is 9.54. The van der Waals surface area contributed by atoms with Gasteiger partial charge in [-0.05, 0) is 48.5 Å². The van der Waals surface area contributed by atoms with Gasteiger partial charge in [-0.15, -0.1) is 0 Å². The van der Waals surface area contributed by atoms with Crippen molar-refractivity contribution in [3.8, 4) is 5.75 Å². The molecule has 0 radical (unpaired) electrons. The number of benzene rings is 3. The third-order valence-electron chi connectivity index (χ3n) is 3.68. The first kappa shape index (κ1) is 19.5. The van der Waals surface area contributed by atoms with Crippen LogP contribution in [0.4, 0.5) is 11.4 Å². The lowest BCUT2D eigenvalue weighted by molar-refractivity contribution is -0.118. The molecule has 3 aromatic carbocycles. The van der Waals surface area contributed by atoms with Gasteiger partial charge in [-0.1, -0.05) is 42.1 Å². The van der Waals surface area contributed by atoms with E-state index in [1.165, 1.54) is 6.92 Å². The molecule has 6 heteroatoms. The van der Waals surface area contributed by atoms with Crippen molar-refractivity contribution in [2.45, 2.75) is 16.7 Å². The van der Waals surface area contributed by atoms with E-state index in [1.54, 1.807) is 36.0 Å². The van der Waals surface area contributed by atoms with Crippen molar-refractivity contribution < 1.29 is 14.3 Å². The average Bonchev–Trinajstić information content (AvgIpc) is 2.69. The summed E-state index contributed by atoms with van der Waals surface area (Å²) in [5.74, 6) is 0.170. The zero-order chi connectivity index (χ0) is 19.8. The number of nitrogens with one attached hydrogen (secondary N) is 2. The van der Waals surface area contributed by atoms with Gasteiger partial charge in [-0.3, -0.25) is 9.59 Å². The molecule has 142 valence electrons. The molecule has 0 aliphatic carbocycles. The van der Waals surface area contributed by atoms with Gasteiger partial charge in [0.2, 0.25) is 5.91 Å². The van der Waals surface area contributed by atoms with Crippen molar-refractivity contribution in [2.24, 2.45) is 0 Å². The number of para-hydroxylation sites is 1. The predicted molar refractivity (Wildman–Crippen MR) is 112 cm³/mol. The van der Waals surface area contributed by atoms with Gasteiger partial charge in [0.05, 0.1) is 5.69 Å². The van der Waals surface area contributed by atoms with Gasteiger partial charge in [0.25, 0.3) is 5.91 Å². The molecule has 0 aliphatic heterocycles. The molecule has 0 unspecified atom stereocenters. The van der Waals surface area contributed by atoms with Crippen LogP contribution in [0, 0.1) is 0 Å². The summed E-state index contributed by atoms with van der Waals surface area (Å²) in [5, 5.41) is 5.58. The minimum Gasteiger partial charge on any atom is -0.484 e. The van der Waals surface area contributed by atoms with Gasteiger partial charge >= 0.3 is 0 Å². The first-order chi connectivity index (χ1) is 13.6. The van der Waals surface area contributed by atoms with E-state index in [9.17, 15) is 9.59 Å². The predicted octanol–water partition coefficient (Wildman–Crippen LogP) is 4.81. The van der Waals surface area contributed by atoms with Crippen molar-refractivity contribution in [3.05, 3.63) is 78.9 Å². The van der Waals surface area contributed by atoms with Gasteiger partial charge < -0.3 is 15.4 Å². The SMILES string of the molecule is CC(=O)Nc1ccc(OCC(=O)Nc2ccccc2Sc2ccccc2)cc1. The zero-order valence-electron chi connectivity index (χ0n) is 15.3. The van der Waals surface area contributed by atoms with Crippen LogP contribution in [-0.2, 0) is 9.59 Å². The van der Waals surface area contributed by atoms with E-state index < -0.39 is 0 Å². The number of amides is 2. The molecule has 0 heterocycles. The Hall–Kier alpha value is -3.25. The van der Waals surface area contributed by atoms with Crippen molar-refractivity contribution in [2.75, 3.05) is 17.2 Å². The Morgan fingerprint density at radius 3 is 2.25 bits per heavy atom. The highest BCUT2D eigenvalue weighted by Gasteiger charge is 2.09. The summed E-state index contributed by atoms with van der Waals surface area (Å²) >= 11 is 1.59. The molecule has 3 aromatic rings. The fraction of sp³-hybridized carbons (Fsp3) is 0.0909.